The predicted octanol–water partition coefficient (Wildman–Crippen LogP) is 2.30. The number of hydrogen-bond acceptors (Lipinski definition) is 3. The van der Waals surface area contributed by atoms with Crippen LogP contribution in [0, 0.1) is 0 Å². The van der Waals surface area contributed by atoms with Crippen molar-refractivity contribution in [3.63, 3.8) is 0 Å². The molecular formula is C14H21ClN2O. The molecule has 3 rings (SSSR count). The molecule has 1 aromatic carbocycles. The molecule has 1 N–H and O–H groups in total. The van der Waals surface area contributed by atoms with E-state index in [0.29, 0.717) is 6.10 Å². The molecule has 2 aliphatic rings. The van der Waals surface area contributed by atoms with Crippen LogP contribution in [0.25, 0.3) is 0 Å². The maximum absolute atomic E-state index is 5.58. The van der Waals surface area contributed by atoms with E-state index in [1.807, 2.05) is 0 Å². The quantitative estimate of drug-likeness (QED) is 0.891. The second-order valence-corrected chi connectivity index (χ2v) is 5.04. The van der Waals surface area contributed by atoms with Crippen LogP contribution in [0.1, 0.15) is 18.1 Å². The summed E-state index contributed by atoms with van der Waals surface area (Å²) in [5, 5.41) is 3.51. The molecule has 1 atom stereocenters. The second-order valence-electron chi connectivity index (χ2n) is 5.04. The Balaban J connectivity index is 0.00000120. The first-order valence-electron chi connectivity index (χ1n) is 6.51. The van der Waals surface area contributed by atoms with Crippen molar-refractivity contribution in [2.24, 2.45) is 0 Å². The Hall–Kier alpha value is -0.770. The number of para-hydroxylation sites is 1. The first kappa shape index (κ1) is 13.7. The van der Waals surface area contributed by atoms with Crippen molar-refractivity contribution in [3.05, 3.63) is 29.3 Å². The molecule has 1 saturated heterocycles. The van der Waals surface area contributed by atoms with Gasteiger partial charge in [-0.25, -0.2) is 0 Å². The summed E-state index contributed by atoms with van der Waals surface area (Å²) in [6.45, 7) is 7.25. The van der Waals surface area contributed by atoms with Crippen LogP contribution >= 0.6 is 12.4 Å². The summed E-state index contributed by atoms with van der Waals surface area (Å²) in [6.07, 6.45) is 1.54. The Morgan fingerprint density at radius 1 is 1.44 bits per heavy atom. The van der Waals surface area contributed by atoms with Gasteiger partial charge in [0.25, 0.3) is 0 Å². The lowest BCUT2D eigenvalue weighted by atomic mass is 10.1. The van der Waals surface area contributed by atoms with E-state index in [2.05, 4.69) is 35.3 Å². The Morgan fingerprint density at radius 2 is 2.33 bits per heavy atom. The average Bonchev–Trinajstić information content (AvgIpc) is 2.78. The minimum Gasteiger partial charge on any atom is -0.384 e. The van der Waals surface area contributed by atoms with Crippen LogP contribution in [-0.2, 0) is 17.7 Å². The van der Waals surface area contributed by atoms with Crippen LogP contribution < -0.4 is 5.32 Å². The van der Waals surface area contributed by atoms with Gasteiger partial charge in [0.2, 0.25) is 0 Å². The number of morpholine rings is 1. The topological polar surface area (TPSA) is 24.5 Å². The molecule has 3 nitrogen and oxygen atoms in total. The summed E-state index contributed by atoms with van der Waals surface area (Å²) in [6, 6.07) is 6.67. The van der Waals surface area contributed by atoms with Crippen molar-refractivity contribution in [3.8, 4) is 0 Å². The molecule has 100 valence electrons. The zero-order chi connectivity index (χ0) is 11.7. The van der Waals surface area contributed by atoms with Crippen LogP contribution in [-0.4, -0.2) is 37.2 Å². The van der Waals surface area contributed by atoms with Crippen LogP contribution in [0.4, 0.5) is 5.69 Å². The zero-order valence-electron chi connectivity index (χ0n) is 10.8. The van der Waals surface area contributed by atoms with E-state index in [1.165, 1.54) is 23.2 Å². The van der Waals surface area contributed by atoms with Crippen LogP contribution in [0.15, 0.2) is 18.2 Å². The largest absolute Gasteiger partial charge is 0.384 e. The highest BCUT2D eigenvalue weighted by molar-refractivity contribution is 5.85. The number of benzene rings is 1. The van der Waals surface area contributed by atoms with Crippen molar-refractivity contribution >= 4 is 18.1 Å². The first-order valence-corrected chi connectivity index (χ1v) is 6.51. The number of hydrogen-bond donors (Lipinski definition) is 1. The number of ether oxygens (including phenoxy) is 1. The lowest BCUT2D eigenvalue weighted by Gasteiger charge is -2.31. The highest BCUT2D eigenvalue weighted by atomic mass is 35.5. The molecule has 1 unspecified atom stereocenters. The lowest BCUT2D eigenvalue weighted by molar-refractivity contribution is -0.0211. The molecule has 4 heteroatoms. The SMILES string of the molecule is CC1CN(Cc2cccc3c2NCC3)CCO1.Cl. The number of nitrogens with one attached hydrogen (secondary N) is 1. The van der Waals surface area contributed by atoms with E-state index >= 15 is 0 Å². The number of anilines is 1. The normalized spacial score (nSPS) is 23.1. The van der Waals surface area contributed by atoms with Crippen LogP contribution in [0.2, 0.25) is 0 Å². The maximum Gasteiger partial charge on any atom is 0.0674 e. The zero-order valence-corrected chi connectivity index (χ0v) is 11.6. The highest BCUT2D eigenvalue weighted by Gasteiger charge is 2.19. The van der Waals surface area contributed by atoms with Gasteiger partial charge in [-0.1, -0.05) is 18.2 Å². The summed E-state index contributed by atoms with van der Waals surface area (Å²) in [4.78, 5) is 2.49. The van der Waals surface area contributed by atoms with Crippen molar-refractivity contribution < 1.29 is 4.74 Å². The van der Waals surface area contributed by atoms with E-state index in [-0.39, 0.29) is 12.4 Å². The number of fused-ring (bicyclic) bond motifs is 1. The summed E-state index contributed by atoms with van der Waals surface area (Å²) in [5.41, 5.74) is 4.30. The van der Waals surface area contributed by atoms with E-state index in [4.69, 9.17) is 4.74 Å². The van der Waals surface area contributed by atoms with Gasteiger partial charge in [-0.05, 0) is 24.5 Å². The van der Waals surface area contributed by atoms with E-state index in [0.717, 1.165) is 32.8 Å². The predicted molar refractivity (Wildman–Crippen MR) is 76.6 cm³/mol. The smallest absolute Gasteiger partial charge is 0.0674 e. The van der Waals surface area contributed by atoms with Gasteiger partial charge in [-0.2, -0.15) is 0 Å². The fourth-order valence-electron chi connectivity index (χ4n) is 2.82. The molecule has 0 bridgehead atoms. The lowest BCUT2D eigenvalue weighted by Crippen LogP contribution is -2.40. The third-order valence-electron chi connectivity index (χ3n) is 3.65. The van der Waals surface area contributed by atoms with E-state index in [1.54, 1.807) is 0 Å². The molecule has 0 saturated carbocycles. The molecule has 0 aliphatic carbocycles. The van der Waals surface area contributed by atoms with Gasteiger partial charge in [-0.3, -0.25) is 4.90 Å². The van der Waals surface area contributed by atoms with Crippen molar-refractivity contribution in [2.45, 2.75) is 26.0 Å². The Labute approximate surface area is 115 Å². The van der Waals surface area contributed by atoms with Crippen molar-refractivity contribution in [1.82, 2.24) is 4.90 Å². The summed E-state index contributed by atoms with van der Waals surface area (Å²) >= 11 is 0. The van der Waals surface area contributed by atoms with Gasteiger partial charge in [0, 0.05) is 31.9 Å². The molecule has 1 aromatic rings. The van der Waals surface area contributed by atoms with E-state index < -0.39 is 0 Å². The Kier molecular flexibility index (Phi) is 4.49. The molecule has 1 fully saturated rings. The Morgan fingerprint density at radius 3 is 3.17 bits per heavy atom. The fraction of sp³-hybridized carbons (Fsp3) is 0.571. The van der Waals surface area contributed by atoms with Crippen molar-refractivity contribution in [2.75, 3.05) is 31.6 Å². The molecule has 18 heavy (non-hydrogen) atoms. The van der Waals surface area contributed by atoms with Crippen LogP contribution in [0.5, 0.6) is 0 Å². The number of rotatable bonds is 2. The number of nitrogens with zero attached hydrogens (tertiary/aromatic N) is 1. The van der Waals surface area contributed by atoms with Gasteiger partial charge in [0.15, 0.2) is 0 Å². The van der Waals surface area contributed by atoms with Gasteiger partial charge in [0.05, 0.1) is 12.7 Å². The van der Waals surface area contributed by atoms with Gasteiger partial charge < -0.3 is 10.1 Å². The standard InChI is InChI=1S/C14H20N2O.ClH/c1-11-9-16(7-8-17-11)10-13-4-2-3-12-5-6-15-14(12)13;/h2-4,11,15H,5-10H2,1H3;1H. The van der Waals surface area contributed by atoms with Gasteiger partial charge in [0.1, 0.15) is 0 Å². The second kappa shape index (κ2) is 5.91. The van der Waals surface area contributed by atoms with Crippen molar-refractivity contribution in [1.29, 1.82) is 0 Å². The Bertz CT molecular complexity index is 411. The molecule has 0 aromatic heterocycles. The molecular weight excluding hydrogens is 248 g/mol. The van der Waals surface area contributed by atoms with Gasteiger partial charge >= 0.3 is 0 Å². The molecule has 2 aliphatic heterocycles. The summed E-state index contributed by atoms with van der Waals surface area (Å²) in [5.74, 6) is 0. The molecule has 0 amide bonds. The van der Waals surface area contributed by atoms with E-state index in [9.17, 15) is 0 Å². The van der Waals surface area contributed by atoms with Gasteiger partial charge in [-0.15, -0.1) is 12.4 Å². The highest BCUT2D eigenvalue weighted by Crippen LogP contribution is 2.27. The summed E-state index contributed by atoms with van der Waals surface area (Å²) in [7, 11) is 0. The van der Waals surface area contributed by atoms with Crippen LogP contribution in [0.3, 0.4) is 0 Å². The molecule has 0 radical (unpaired) electrons. The fourth-order valence-corrected chi connectivity index (χ4v) is 2.82. The molecule has 0 spiro atoms. The third-order valence-corrected chi connectivity index (χ3v) is 3.65. The molecule has 2 heterocycles. The third kappa shape index (κ3) is 2.79. The monoisotopic (exact) mass is 268 g/mol. The average molecular weight is 269 g/mol. The minimum absolute atomic E-state index is 0. The minimum atomic E-state index is 0. The number of halogens is 1. The maximum atomic E-state index is 5.58. The summed E-state index contributed by atoms with van der Waals surface area (Å²) < 4.78 is 5.58. The first-order chi connectivity index (χ1) is 8.33.